The van der Waals surface area contributed by atoms with E-state index in [1.165, 1.54) is 12.1 Å². The Balaban J connectivity index is 2.01. The number of carbonyl (C=O) groups excluding carboxylic acids is 1. The van der Waals surface area contributed by atoms with Gasteiger partial charge in [0, 0.05) is 12.3 Å². The van der Waals surface area contributed by atoms with Gasteiger partial charge in [0.1, 0.15) is 11.5 Å². The summed E-state index contributed by atoms with van der Waals surface area (Å²) in [4.78, 5) is 12.3. The van der Waals surface area contributed by atoms with Gasteiger partial charge in [-0.3, -0.25) is 4.79 Å². The van der Waals surface area contributed by atoms with Crippen LogP contribution in [-0.2, 0) is 14.9 Å². The highest BCUT2D eigenvalue weighted by Crippen LogP contribution is 2.31. The predicted molar refractivity (Wildman–Crippen MR) is 82.0 cm³/mol. The molecular formula is C16H19F3O4S. The number of ketones is 1. The number of rotatable bonds is 6. The Labute approximate surface area is 139 Å². The molecule has 1 atom stereocenters. The third-order valence-electron chi connectivity index (χ3n) is 4.32. The van der Waals surface area contributed by atoms with Gasteiger partial charge in [-0.2, -0.15) is 21.6 Å². The molecule has 8 heteroatoms. The molecule has 0 saturated heterocycles. The van der Waals surface area contributed by atoms with Crippen molar-refractivity contribution in [2.45, 2.75) is 50.5 Å². The largest absolute Gasteiger partial charge is 0.534 e. The zero-order chi connectivity index (χ0) is 18.0. The lowest BCUT2D eigenvalue weighted by Crippen LogP contribution is -2.28. The van der Waals surface area contributed by atoms with Crippen molar-refractivity contribution in [2.75, 3.05) is 0 Å². The molecule has 0 heterocycles. The monoisotopic (exact) mass is 364 g/mol. The lowest BCUT2D eigenvalue weighted by atomic mass is 9.90. The van der Waals surface area contributed by atoms with Crippen molar-refractivity contribution >= 4 is 15.9 Å². The first kappa shape index (κ1) is 18.8. The van der Waals surface area contributed by atoms with E-state index in [0.717, 1.165) is 37.8 Å². The third kappa shape index (κ3) is 4.49. The second-order valence-corrected chi connectivity index (χ2v) is 7.63. The molecule has 0 aliphatic heterocycles. The molecule has 1 aliphatic rings. The maximum Gasteiger partial charge on any atom is 0.534 e. The lowest BCUT2D eigenvalue weighted by molar-refractivity contribution is -0.121. The van der Waals surface area contributed by atoms with Gasteiger partial charge in [-0.1, -0.05) is 44.7 Å². The topological polar surface area (TPSA) is 60.4 Å². The van der Waals surface area contributed by atoms with E-state index in [-0.39, 0.29) is 11.7 Å². The molecule has 0 amide bonds. The Bertz CT molecular complexity index is 674. The molecule has 1 aromatic carbocycles. The van der Waals surface area contributed by atoms with Gasteiger partial charge in [0.2, 0.25) is 0 Å². The van der Waals surface area contributed by atoms with Crippen molar-refractivity contribution < 1.29 is 30.6 Å². The molecule has 1 aromatic rings. The molecule has 0 unspecified atom stereocenters. The van der Waals surface area contributed by atoms with Crippen LogP contribution in [0.1, 0.15) is 50.5 Å². The molecule has 0 bridgehead atoms. The highest BCUT2D eigenvalue weighted by molar-refractivity contribution is 7.88. The van der Waals surface area contributed by atoms with Crippen LogP contribution in [0.2, 0.25) is 0 Å². The van der Waals surface area contributed by atoms with Gasteiger partial charge in [0.15, 0.2) is 0 Å². The summed E-state index contributed by atoms with van der Waals surface area (Å²) in [5.74, 6) is -0.330. The van der Waals surface area contributed by atoms with E-state index in [0.29, 0.717) is 17.9 Å². The summed E-state index contributed by atoms with van der Waals surface area (Å²) in [6, 6.07) is 5.08. The summed E-state index contributed by atoms with van der Waals surface area (Å²) >= 11 is 0. The Morgan fingerprint density at radius 3 is 2.25 bits per heavy atom. The SMILES string of the molecule is C[C@@H](C(=O)CC1CCCC1)c1ccc(OS(=O)(=O)C(F)(F)F)cc1. The molecule has 0 aromatic heterocycles. The molecule has 0 radical (unpaired) electrons. The van der Waals surface area contributed by atoms with Gasteiger partial charge in [-0.15, -0.1) is 0 Å². The molecular weight excluding hydrogens is 345 g/mol. The lowest BCUT2D eigenvalue weighted by Gasteiger charge is -2.15. The molecule has 4 nitrogen and oxygen atoms in total. The van der Waals surface area contributed by atoms with E-state index >= 15 is 0 Å². The molecule has 1 fully saturated rings. The first-order valence-electron chi connectivity index (χ1n) is 7.73. The third-order valence-corrected chi connectivity index (χ3v) is 5.30. The fourth-order valence-corrected chi connectivity index (χ4v) is 3.31. The quantitative estimate of drug-likeness (QED) is 0.561. The normalized spacial score (nSPS) is 17.7. The zero-order valence-electron chi connectivity index (χ0n) is 13.2. The van der Waals surface area contributed by atoms with Crippen molar-refractivity contribution in [2.24, 2.45) is 5.92 Å². The van der Waals surface area contributed by atoms with Gasteiger partial charge in [0.25, 0.3) is 0 Å². The van der Waals surface area contributed by atoms with Crippen LogP contribution in [0.25, 0.3) is 0 Å². The molecule has 0 N–H and O–H groups in total. The minimum absolute atomic E-state index is 0.0819. The Morgan fingerprint density at radius 2 is 1.75 bits per heavy atom. The number of hydrogen-bond donors (Lipinski definition) is 0. The first-order chi connectivity index (χ1) is 11.1. The van der Waals surface area contributed by atoms with E-state index in [1.54, 1.807) is 6.92 Å². The number of benzene rings is 1. The van der Waals surface area contributed by atoms with Crippen molar-refractivity contribution in [3.05, 3.63) is 29.8 Å². The highest BCUT2D eigenvalue weighted by Gasteiger charge is 2.48. The number of alkyl halides is 3. The van der Waals surface area contributed by atoms with E-state index < -0.39 is 21.4 Å². The molecule has 1 saturated carbocycles. The minimum Gasteiger partial charge on any atom is -0.376 e. The summed E-state index contributed by atoms with van der Waals surface area (Å²) in [5, 5.41) is 0. The highest BCUT2D eigenvalue weighted by atomic mass is 32.2. The van der Waals surface area contributed by atoms with Crippen molar-refractivity contribution in [3.8, 4) is 5.75 Å². The average Bonchev–Trinajstić information content (AvgIpc) is 2.98. The second-order valence-electron chi connectivity index (χ2n) is 6.09. The molecule has 1 aliphatic carbocycles. The summed E-state index contributed by atoms with van der Waals surface area (Å²) in [5.41, 5.74) is -4.86. The van der Waals surface area contributed by atoms with E-state index in [4.69, 9.17) is 0 Å². The fraction of sp³-hybridized carbons (Fsp3) is 0.562. The number of Topliss-reactive ketones (excluding diaryl/α,β-unsaturated/α-hetero) is 1. The summed E-state index contributed by atoms with van der Waals surface area (Å²) in [6.07, 6.45) is 4.90. The average molecular weight is 364 g/mol. The number of carbonyl (C=O) groups is 1. The maximum atomic E-state index is 12.3. The van der Waals surface area contributed by atoms with Gasteiger partial charge < -0.3 is 4.18 Å². The van der Waals surface area contributed by atoms with Gasteiger partial charge in [-0.05, 0) is 23.6 Å². The van der Waals surface area contributed by atoms with E-state index in [1.807, 2.05) is 0 Å². The maximum absolute atomic E-state index is 12.3. The molecule has 134 valence electrons. The van der Waals surface area contributed by atoms with Crippen molar-refractivity contribution in [1.82, 2.24) is 0 Å². The minimum atomic E-state index is -5.68. The van der Waals surface area contributed by atoms with Crippen LogP contribution in [0.3, 0.4) is 0 Å². The molecule has 2 rings (SSSR count). The Morgan fingerprint density at radius 1 is 1.21 bits per heavy atom. The van der Waals surface area contributed by atoms with Gasteiger partial charge in [0.05, 0.1) is 0 Å². The van der Waals surface area contributed by atoms with E-state index in [9.17, 15) is 26.4 Å². The van der Waals surface area contributed by atoms with E-state index in [2.05, 4.69) is 4.18 Å². The summed E-state index contributed by atoms with van der Waals surface area (Å²) in [6.45, 7) is 1.74. The summed E-state index contributed by atoms with van der Waals surface area (Å²) in [7, 11) is -5.68. The van der Waals surface area contributed by atoms with Crippen LogP contribution in [0, 0.1) is 5.92 Å². The van der Waals surface area contributed by atoms with Gasteiger partial charge in [-0.25, -0.2) is 0 Å². The zero-order valence-corrected chi connectivity index (χ0v) is 14.0. The van der Waals surface area contributed by atoms with Gasteiger partial charge >= 0.3 is 15.6 Å². The Kier molecular flexibility index (Phi) is 5.57. The molecule has 24 heavy (non-hydrogen) atoms. The van der Waals surface area contributed by atoms with Crippen LogP contribution >= 0.6 is 0 Å². The smallest absolute Gasteiger partial charge is 0.376 e. The fourth-order valence-electron chi connectivity index (χ4n) is 2.85. The van der Waals surface area contributed by atoms with Crippen LogP contribution in [0.15, 0.2) is 24.3 Å². The van der Waals surface area contributed by atoms with Crippen molar-refractivity contribution in [3.63, 3.8) is 0 Å². The standard InChI is InChI=1S/C16H19F3O4S/c1-11(15(20)10-12-4-2-3-5-12)13-6-8-14(9-7-13)23-24(21,22)16(17,18)19/h6-9,11-12H,2-5,10H2,1H3/t11-/m1/s1. The number of hydrogen-bond acceptors (Lipinski definition) is 4. The van der Waals surface area contributed by atoms with Crippen molar-refractivity contribution in [1.29, 1.82) is 0 Å². The van der Waals surface area contributed by atoms with Crippen LogP contribution in [0.4, 0.5) is 13.2 Å². The first-order valence-corrected chi connectivity index (χ1v) is 9.14. The second kappa shape index (κ2) is 7.13. The molecule has 0 spiro atoms. The number of halogens is 3. The predicted octanol–water partition coefficient (Wildman–Crippen LogP) is 4.17. The Hall–Kier alpha value is -1.57. The van der Waals surface area contributed by atoms with Crippen LogP contribution < -0.4 is 4.18 Å². The van der Waals surface area contributed by atoms with Crippen LogP contribution in [0.5, 0.6) is 5.75 Å². The summed E-state index contributed by atoms with van der Waals surface area (Å²) < 4.78 is 62.7. The van der Waals surface area contributed by atoms with Crippen LogP contribution in [-0.4, -0.2) is 19.7 Å².